The van der Waals surface area contributed by atoms with E-state index in [1.54, 1.807) is 0 Å². The van der Waals surface area contributed by atoms with Crippen LogP contribution in [0.4, 0.5) is 0 Å². The van der Waals surface area contributed by atoms with Crippen molar-refractivity contribution in [2.45, 2.75) is 25.3 Å². The van der Waals surface area contributed by atoms with Crippen LogP contribution in [0, 0.1) is 0 Å². The molecule has 14 heavy (non-hydrogen) atoms. The van der Waals surface area contributed by atoms with E-state index in [1.165, 1.54) is 0 Å². The fourth-order valence-corrected chi connectivity index (χ4v) is 1.33. The first-order valence-corrected chi connectivity index (χ1v) is 4.98. The molecule has 0 bridgehead atoms. The number of hydrogen-bond acceptors (Lipinski definition) is 3. The molecule has 0 aromatic carbocycles. The minimum Gasteiger partial charge on any atom is -0.352 e. The Morgan fingerprint density at radius 1 is 1.57 bits per heavy atom. The number of nitrogens with one attached hydrogen (secondary N) is 2. The second-order valence-corrected chi connectivity index (χ2v) is 3.31. The van der Waals surface area contributed by atoms with Crippen LogP contribution in [0.25, 0.3) is 0 Å². The minimum atomic E-state index is 0.0755. The fraction of sp³-hybridized carbons (Fsp3) is 0.700. The van der Waals surface area contributed by atoms with Crippen LogP contribution in [-0.2, 0) is 4.79 Å². The topological polar surface area (TPSA) is 67.2 Å². The predicted octanol–water partition coefficient (Wildman–Crippen LogP) is 0.00560. The molecule has 82 valence electrons. The van der Waals surface area contributed by atoms with Gasteiger partial charge < -0.3 is 16.4 Å². The third-order valence-electron chi connectivity index (χ3n) is 2.11. The van der Waals surface area contributed by atoms with E-state index in [-0.39, 0.29) is 6.04 Å². The van der Waals surface area contributed by atoms with Crippen LogP contribution >= 0.6 is 0 Å². The quantitative estimate of drug-likeness (QED) is 0.278. The van der Waals surface area contributed by atoms with E-state index >= 15 is 0 Å². The number of rotatable bonds is 9. The van der Waals surface area contributed by atoms with Crippen molar-refractivity contribution in [1.29, 1.82) is 0 Å². The van der Waals surface area contributed by atoms with Crippen molar-refractivity contribution in [2.24, 2.45) is 5.73 Å². The van der Waals surface area contributed by atoms with Crippen molar-refractivity contribution in [1.82, 2.24) is 10.6 Å². The fourth-order valence-electron chi connectivity index (χ4n) is 1.33. The highest BCUT2D eigenvalue weighted by molar-refractivity contribution is 5.48. The summed E-state index contributed by atoms with van der Waals surface area (Å²) in [6.07, 6.45) is 3.65. The summed E-state index contributed by atoms with van der Waals surface area (Å²) in [5.74, 6) is 0. The average Bonchev–Trinajstić information content (AvgIpc) is 2.17. The van der Waals surface area contributed by atoms with Gasteiger partial charge in [0.1, 0.15) is 0 Å². The first-order valence-electron chi connectivity index (χ1n) is 4.98. The molecule has 0 aliphatic rings. The molecule has 0 heterocycles. The van der Waals surface area contributed by atoms with E-state index < -0.39 is 0 Å². The highest BCUT2D eigenvalue weighted by Crippen LogP contribution is 2.07. The second-order valence-electron chi connectivity index (χ2n) is 3.31. The van der Waals surface area contributed by atoms with Crippen LogP contribution in [0.1, 0.15) is 19.3 Å². The molecule has 0 spiro atoms. The van der Waals surface area contributed by atoms with Crippen LogP contribution in [0.15, 0.2) is 12.2 Å². The van der Waals surface area contributed by atoms with Gasteiger partial charge in [-0.3, -0.25) is 4.79 Å². The molecule has 0 rings (SSSR count). The first kappa shape index (κ1) is 13.1. The van der Waals surface area contributed by atoms with Crippen LogP contribution in [-0.4, -0.2) is 32.6 Å². The summed E-state index contributed by atoms with van der Waals surface area (Å²) in [6.45, 7) is 5.36. The number of hydrogen-bond donors (Lipinski definition) is 3. The zero-order chi connectivity index (χ0) is 10.8. The lowest BCUT2D eigenvalue weighted by atomic mass is 10.0. The average molecular weight is 199 g/mol. The van der Waals surface area contributed by atoms with Crippen LogP contribution in [0.2, 0.25) is 0 Å². The maximum atomic E-state index is 10.4. The highest BCUT2D eigenvalue weighted by atomic mass is 16.1. The third kappa shape index (κ3) is 5.72. The van der Waals surface area contributed by atoms with E-state index in [9.17, 15) is 4.79 Å². The summed E-state index contributed by atoms with van der Waals surface area (Å²) in [6, 6.07) is 0.0755. The van der Waals surface area contributed by atoms with Crippen molar-refractivity contribution in [3.8, 4) is 0 Å². The Balaban J connectivity index is 3.86. The van der Waals surface area contributed by atoms with Gasteiger partial charge in [0.2, 0.25) is 6.41 Å². The summed E-state index contributed by atoms with van der Waals surface area (Å²) in [4.78, 5) is 10.4. The molecule has 1 unspecified atom stereocenters. The minimum absolute atomic E-state index is 0.0755. The first-order chi connectivity index (χ1) is 6.76. The molecule has 0 saturated heterocycles. The molecule has 0 aromatic heterocycles. The van der Waals surface area contributed by atoms with Gasteiger partial charge >= 0.3 is 0 Å². The SMILES string of the molecule is C=C(CNC)C(CCCCN)NC=O. The molecule has 0 aliphatic heterocycles. The van der Waals surface area contributed by atoms with E-state index in [1.807, 2.05) is 7.05 Å². The van der Waals surface area contributed by atoms with Crippen molar-refractivity contribution < 1.29 is 4.79 Å². The molecular formula is C10H21N3O. The number of unbranched alkanes of at least 4 members (excludes halogenated alkanes) is 1. The monoisotopic (exact) mass is 199 g/mol. The predicted molar refractivity (Wildman–Crippen MR) is 59.0 cm³/mol. The zero-order valence-corrected chi connectivity index (χ0v) is 8.88. The Morgan fingerprint density at radius 3 is 2.79 bits per heavy atom. The number of nitrogens with two attached hydrogens (primary N) is 1. The Kier molecular flexibility index (Phi) is 8.17. The smallest absolute Gasteiger partial charge is 0.207 e. The Hall–Kier alpha value is -0.870. The highest BCUT2D eigenvalue weighted by Gasteiger charge is 2.09. The van der Waals surface area contributed by atoms with Crippen molar-refractivity contribution >= 4 is 6.41 Å². The van der Waals surface area contributed by atoms with E-state index in [0.717, 1.165) is 37.8 Å². The molecule has 0 radical (unpaired) electrons. The van der Waals surface area contributed by atoms with Gasteiger partial charge in [0.15, 0.2) is 0 Å². The van der Waals surface area contributed by atoms with E-state index in [4.69, 9.17) is 5.73 Å². The largest absolute Gasteiger partial charge is 0.352 e. The molecule has 1 atom stereocenters. The van der Waals surface area contributed by atoms with Gasteiger partial charge in [0.25, 0.3) is 0 Å². The summed E-state index contributed by atoms with van der Waals surface area (Å²) < 4.78 is 0. The molecule has 4 N–H and O–H groups in total. The maximum absolute atomic E-state index is 10.4. The Labute approximate surface area is 85.9 Å². The van der Waals surface area contributed by atoms with E-state index in [2.05, 4.69) is 17.2 Å². The molecule has 4 heteroatoms. The lowest BCUT2D eigenvalue weighted by molar-refractivity contribution is -0.110. The number of carbonyl (C=O) groups is 1. The number of amides is 1. The summed E-state index contributed by atoms with van der Waals surface area (Å²) >= 11 is 0. The third-order valence-corrected chi connectivity index (χ3v) is 2.11. The van der Waals surface area contributed by atoms with Gasteiger partial charge in [0.05, 0.1) is 6.04 Å². The summed E-state index contributed by atoms with van der Waals surface area (Å²) in [5.41, 5.74) is 6.41. The van der Waals surface area contributed by atoms with Crippen LogP contribution in [0.5, 0.6) is 0 Å². The standard InChI is InChI=1S/C10H21N3O/c1-9(7-12-2)10(13-8-14)5-3-4-6-11/h8,10,12H,1,3-7,11H2,2H3,(H,13,14). The molecule has 0 saturated carbocycles. The number of carbonyl (C=O) groups excluding carboxylic acids is 1. The van der Waals surface area contributed by atoms with Crippen molar-refractivity contribution in [3.63, 3.8) is 0 Å². The maximum Gasteiger partial charge on any atom is 0.207 e. The summed E-state index contributed by atoms with van der Waals surface area (Å²) in [5, 5.41) is 5.78. The Bertz CT molecular complexity index is 171. The van der Waals surface area contributed by atoms with Crippen LogP contribution in [0.3, 0.4) is 0 Å². The molecule has 0 aromatic rings. The number of likely N-dealkylation sites (N-methyl/N-ethyl adjacent to an activating group) is 1. The zero-order valence-electron chi connectivity index (χ0n) is 8.88. The van der Waals surface area contributed by atoms with Gasteiger partial charge in [-0.05, 0) is 38.4 Å². The van der Waals surface area contributed by atoms with Crippen molar-refractivity contribution in [3.05, 3.63) is 12.2 Å². The molecule has 0 fully saturated rings. The lowest BCUT2D eigenvalue weighted by Crippen LogP contribution is -2.33. The summed E-state index contributed by atoms with van der Waals surface area (Å²) in [7, 11) is 1.86. The van der Waals surface area contributed by atoms with Crippen LogP contribution < -0.4 is 16.4 Å². The molecule has 4 nitrogen and oxygen atoms in total. The molecule has 0 aliphatic carbocycles. The molecular weight excluding hydrogens is 178 g/mol. The van der Waals surface area contributed by atoms with Crippen molar-refractivity contribution in [2.75, 3.05) is 20.1 Å². The lowest BCUT2D eigenvalue weighted by Gasteiger charge is -2.18. The molecule has 1 amide bonds. The van der Waals surface area contributed by atoms with Gasteiger partial charge in [-0.1, -0.05) is 6.58 Å². The van der Waals surface area contributed by atoms with Gasteiger partial charge in [-0.25, -0.2) is 0 Å². The van der Waals surface area contributed by atoms with Gasteiger partial charge in [-0.2, -0.15) is 0 Å². The Morgan fingerprint density at radius 2 is 2.29 bits per heavy atom. The van der Waals surface area contributed by atoms with E-state index in [0.29, 0.717) is 6.54 Å². The van der Waals surface area contributed by atoms with Gasteiger partial charge in [0, 0.05) is 6.54 Å². The van der Waals surface area contributed by atoms with Gasteiger partial charge in [-0.15, -0.1) is 0 Å². The second kappa shape index (κ2) is 8.72. The normalized spacial score (nSPS) is 12.1.